The van der Waals surface area contributed by atoms with E-state index in [4.69, 9.17) is 4.74 Å². The van der Waals surface area contributed by atoms with Crippen LogP contribution >= 0.6 is 11.3 Å². The molecule has 0 aliphatic rings. The summed E-state index contributed by atoms with van der Waals surface area (Å²) in [6, 6.07) is 0. The summed E-state index contributed by atoms with van der Waals surface area (Å²) in [6.07, 6.45) is 1.51. The van der Waals surface area contributed by atoms with Crippen molar-refractivity contribution in [1.82, 2.24) is 9.97 Å². The van der Waals surface area contributed by atoms with Crippen molar-refractivity contribution in [2.75, 3.05) is 18.5 Å². The summed E-state index contributed by atoms with van der Waals surface area (Å²) in [6.45, 7) is 6.84. The number of carbonyl (C=O) groups excluding carboxylic acids is 1. The zero-order valence-electron chi connectivity index (χ0n) is 10.6. The molecule has 0 spiro atoms. The first-order valence-corrected chi connectivity index (χ1v) is 6.65. The van der Waals surface area contributed by atoms with Crippen LogP contribution in [0, 0.1) is 6.92 Å². The average molecular weight is 265 g/mol. The lowest BCUT2D eigenvalue weighted by molar-refractivity contribution is 0.0531. The number of anilines is 1. The third-order valence-corrected chi connectivity index (χ3v) is 3.71. The van der Waals surface area contributed by atoms with Crippen molar-refractivity contribution in [3.05, 3.63) is 16.8 Å². The predicted octanol–water partition coefficient (Wildman–Crippen LogP) is 2.61. The van der Waals surface area contributed by atoms with Crippen LogP contribution in [0.4, 0.5) is 5.82 Å². The molecule has 2 rings (SSSR count). The van der Waals surface area contributed by atoms with E-state index < -0.39 is 0 Å². The number of carbonyl (C=O) groups is 1. The average Bonchev–Trinajstić information content (AvgIpc) is 2.69. The molecule has 5 nitrogen and oxygen atoms in total. The van der Waals surface area contributed by atoms with Crippen LogP contribution in [0.2, 0.25) is 0 Å². The molecule has 6 heteroatoms. The van der Waals surface area contributed by atoms with Gasteiger partial charge in [-0.3, -0.25) is 0 Å². The van der Waals surface area contributed by atoms with Gasteiger partial charge in [-0.25, -0.2) is 14.8 Å². The minimum absolute atomic E-state index is 0.291. The van der Waals surface area contributed by atoms with Gasteiger partial charge in [-0.05, 0) is 26.3 Å². The van der Waals surface area contributed by atoms with Crippen LogP contribution in [0.3, 0.4) is 0 Å². The van der Waals surface area contributed by atoms with Crippen molar-refractivity contribution in [3.8, 4) is 0 Å². The first-order valence-electron chi connectivity index (χ1n) is 5.84. The number of ether oxygens (including phenoxy) is 1. The Kier molecular flexibility index (Phi) is 3.76. The fraction of sp³-hybridized carbons (Fsp3) is 0.417. The highest BCUT2D eigenvalue weighted by atomic mass is 32.1. The van der Waals surface area contributed by atoms with Crippen molar-refractivity contribution in [2.24, 2.45) is 0 Å². The molecule has 0 radical (unpaired) electrons. The van der Waals surface area contributed by atoms with Gasteiger partial charge in [0.05, 0.1) is 12.0 Å². The maximum Gasteiger partial charge on any atom is 0.348 e. The molecule has 0 aliphatic heterocycles. The van der Waals surface area contributed by atoms with Crippen LogP contribution in [0.1, 0.15) is 29.1 Å². The molecular formula is C12H15N3O2S. The lowest BCUT2D eigenvalue weighted by atomic mass is 10.2. The molecule has 0 unspecified atom stereocenters. The zero-order chi connectivity index (χ0) is 13.1. The summed E-state index contributed by atoms with van der Waals surface area (Å²) in [7, 11) is 0. The number of thiophene rings is 1. The number of fused-ring (bicyclic) bond motifs is 1. The number of hydrogen-bond acceptors (Lipinski definition) is 6. The molecule has 0 saturated carbocycles. The quantitative estimate of drug-likeness (QED) is 0.861. The van der Waals surface area contributed by atoms with Gasteiger partial charge in [0.1, 0.15) is 21.9 Å². The summed E-state index contributed by atoms with van der Waals surface area (Å²) in [4.78, 5) is 21.7. The van der Waals surface area contributed by atoms with Crippen LogP contribution < -0.4 is 5.32 Å². The normalized spacial score (nSPS) is 10.6. The highest BCUT2D eigenvalue weighted by molar-refractivity contribution is 7.20. The summed E-state index contributed by atoms with van der Waals surface area (Å²) in [5.41, 5.74) is 0.880. The lowest BCUT2D eigenvalue weighted by Gasteiger charge is -2.04. The van der Waals surface area contributed by atoms with Gasteiger partial charge >= 0.3 is 5.97 Å². The summed E-state index contributed by atoms with van der Waals surface area (Å²) >= 11 is 1.35. The van der Waals surface area contributed by atoms with E-state index in [1.54, 1.807) is 6.92 Å². The first-order chi connectivity index (χ1) is 8.69. The van der Waals surface area contributed by atoms with E-state index in [-0.39, 0.29) is 5.97 Å². The topological polar surface area (TPSA) is 64.1 Å². The predicted molar refractivity (Wildman–Crippen MR) is 72.3 cm³/mol. The lowest BCUT2D eigenvalue weighted by Crippen LogP contribution is -2.04. The largest absolute Gasteiger partial charge is 0.462 e. The van der Waals surface area contributed by atoms with Gasteiger partial charge in [0.15, 0.2) is 0 Å². The molecule has 0 aromatic carbocycles. The van der Waals surface area contributed by atoms with Gasteiger partial charge in [-0.1, -0.05) is 0 Å². The Morgan fingerprint density at radius 2 is 2.22 bits per heavy atom. The molecule has 2 aromatic rings. The fourth-order valence-electron chi connectivity index (χ4n) is 1.76. The molecule has 2 aromatic heterocycles. The Morgan fingerprint density at radius 1 is 1.44 bits per heavy atom. The van der Waals surface area contributed by atoms with Crippen LogP contribution in [0.25, 0.3) is 10.2 Å². The Balaban J connectivity index is 2.56. The third-order valence-electron chi connectivity index (χ3n) is 2.53. The highest BCUT2D eigenvalue weighted by Gasteiger charge is 2.19. The molecule has 1 N–H and O–H groups in total. The number of aromatic nitrogens is 2. The number of rotatable bonds is 4. The standard InChI is InChI=1S/C12H15N3O2S/c1-4-13-10-8-7(3)9(12(16)17-5-2)18-11(8)15-6-14-10/h6H,4-5H2,1-3H3,(H,13,14,15). The van der Waals surface area contributed by atoms with Crippen LogP contribution in [-0.4, -0.2) is 29.1 Å². The number of aryl methyl sites for hydroxylation is 1. The SMILES string of the molecule is CCNc1ncnc2sc(C(=O)OCC)c(C)c12. The van der Waals surface area contributed by atoms with Gasteiger partial charge < -0.3 is 10.1 Å². The minimum Gasteiger partial charge on any atom is -0.462 e. The zero-order valence-corrected chi connectivity index (χ0v) is 11.4. The maximum absolute atomic E-state index is 11.8. The Labute approximate surface area is 109 Å². The van der Waals surface area contributed by atoms with Gasteiger partial charge in [0, 0.05) is 6.54 Å². The molecule has 18 heavy (non-hydrogen) atoms. The number of nitrogens with one attached hydrogen (secondary N) is 1. The monoisotopic (exact) mass is 265 g/mol. The van der Waals surface area contributed by atoms with Crippen molar-refractivity contribution >= 4 is 33.3 Å². The van der Waals surface area contributed by atoms with Crippen LogP contribution in [-0.2, 0) is 4.74 Å². The van der Waals surface area contributed by atoms with E-state index in [0.717, 1.165) is 28.1 Å². The van der Waals surface area contributed by atoms with E-state index in [9.17, 15) is 4.79 Å². The second-order valence-corrected chi connectivity index (χ2v) is 4.71. The maximum atomic E-state index is 11.8. The van der Waals surface area contributed by atoms with Gasteiger partial charge in [-0.15, -0.1) is 11.3 Å². The summed E-state index contributed by atoms with van der Waals surface area (Å²) in [5, 5.41) is 4.09. The second kappa shape index (κ2) is 5.30. The van der Waals surface area contributed by atoms with Gasteiger partial charge in [0.25, 0.3) is 0 Å². The Bertz CT molecular complexity index is 580. The molecule has 0 aliphatic carbocycles. The summed E-state index contributed by atoms with van der Waals surface area (Å²) in [5.74, 6) is 0.479. The smallest absolute Gasteiger partial charge is 0.348 e. The van der Waals surface area contributed by atoms with Crippen LogP contribution in [0.15, 0.2) is 6.33 Å². The number of esters is 1. The van der Waals surface area contributed by atoms with Crippen LogP contribution in [0.5, 0.6) is 0 Å². The third kappa shape index (κ3) is 2.15. The highest BCUT2D eigenvalue weighted by Crippen LogP contribution is 2.33. The minimum atomic E-state index is -0.291. The summed E-state index contributed by atoms with van der Waals surface area (Å²) < 4.78 is 5.04. The first kappa shape index (κ1) is 12.8. The molecule has 0 amide bonds. The van der Waals surface area contributed by atoms with E-state index >= 15 is 0 Å². The number of nitrogens with zero attached hydrogens (tertiary/aromatic N) is 2. The van der Waals surface area contributed by atoms with Crippen molar-refractivity contribution in [3.63, 3.8) is 0 Å². The van der Waals surface area contributed by atoms with Crippen molar-refractivity contribution in [2.45, 2.75) is 20.8 Å². The van der Waals surface area contributed by atoms with Crippen molar-refractivity contribution in [1.29, 1.82) is 0 Å². The number of hydrogen-bond donors (Lipinski definition) is 1. The molecule has 2 heterocycles. The molecule has 0 atom stereocenters. The van der Waals surface area contributed by atoms with Gasteiger partial charge in [-0.2, -0.15) is 0 Å². The van der Waals surface area contributed by atoms with E-state index in [2.05, 4.69) is 15.3 Å². The van der Waals surface area contributed by atoms with E-state index in [1.165, 1.54) is 17.7 Å². The molecule has 0 fully saturated rings. The Hall–Kier alpha value is -1.69. The molecule has 0 bridgehead atoms. The fourth-order valence-corrected chi connectivity index (χ4v) is 2.81. The van der Waals surface area contributed by atoms with E-state index in [1.807, 2.05) is 13.8 Å². The molecule has 0 saturated heterocycles. The van der Waals surface area contributed by atoms with Crippen molar-refractivity contribution < 1.29 is 9.53 Å². The Morgan fingerprint density at radius 3 is 2.89 bits per heavy atom. The second-order valence-electron chi connectivity index (χ2n) is 3.71. The molecule has 96 valence electrons. The molecular weight excluding hydrogens is 250 g/mol. The van der Waals surface area contributed by atoms with E-state index in [0.29, 0.717) is 11.5 Å². The van der Waals surface area contributed by atoms with Gasteiger partial charge in [0.2, 0.25) is 0 Å².